The third-order valence-electron chi connectivity index (χ3n) is 5.26. The lowest BCUT2D eigenvalue weighted by molar-refractivity contribution is -0.141. The molecular formula is C24H25N3O3. The lowest BCUT2D eigenvalue weighted by atomic mass is 9.82. The predicted molar refractivity (Wildman–Crippen MR) is 117 cm³/mol. The number of benzene rings is 2. The van der Waals surface area contributed by atoms with Crippen LogP contribution >= 0.6 is 0 Å². The molecule has 1 unspecified atom stereocenters. The summed E-state index contributed by atoms with van der Waals surface area (Å²) in [5.41, 5.74) is 10.3. The number of anilines is 1. The number of hydrogen-bond donors (Lipinski definition) is 2. The fraction of sp³-hybridized carbons (Fsp3) is 0.292. The normalized spacial score (nSPS) is 15.6. The number of carbonyl (C=O) groups is 2. The number of aryl methyl sites for hydroxylation is 1. The average Bonchev–Trinajstić information content (AvgIpc) is 2.77. The minimum atomic E-state index is -0.206. The van der Waals surface area contributed by atoms with E-state index in [0.717, 1.165) is 24.9 Å². The Balaban J connectivity index is 1.67. The number of rotatable bonds is 6. The Morgan fingerprint density at radius 3 is 2.63 bits per heavy atom. The van der Waals surface area contributed by atoms with Gasteiger partial charge in [-0.3, -0.25) is 14.6 Å². The van der Waals surface area contributed by atoms with Crippen molar-refractivity contribution in [1.29, 1.82) is 0 Å². The first-order chi connectivity index (χ1) is 14.5. The molecule has 6 heteroatoms. The van der Waals surface area contributed by atoms with Crippen molar-refractivity contribution in [2.24, 2.45) is 16.6 Å². The summed E-state index contributed by atoms with van der Waals surface area (Å²) in [5.74, 6) is 2.63. The number of fused-ring (bicyclic) bond motifs is 1. The van der Waals surface area contributed by atoms with Crippen LogP contribution in [0.2, 0.25) is 0 Å². The Labute approximate surface area is 176 Å². The third-order valence-corrected chi connectivity index (χ3v) is 5.26. The smallest absolute Gasteiger partial charge is 0.305 e. The van der Waals surface area contributed by atoms with E-state index in [4.69, 9.17) is 16.9 Å². The van der Waals surface area contributed by atoms with Gasteiger partial charge in [-0.15, -0.1) is 6.42 Å². The fourth-order valence-corrected chi connectivity index (χ4v) is 3.62. The van der Waals surface area contributed by atoms with Gasteiger partial charge in [-0.05, 0) is 60.6 Å². The van der Waals surface area contributed by atoms with E-state index >= 15 is 0 Å². The van der Waals surface area contributed by atoms with Gasteiger partial charge < -0.3 is 15.8 Å². The summed E-state index contributed by atoms with van der Waals surface area (Å²) in [6.45, 7) is 0.215. The van der Waals surface area contributed by atoms with Crippen LogP contribution in [0.1, 0.15) is 39.9 Å². The molecule has 154 valence electrons. The largest absolute Gasteiger partial charge is 0.469 e. The minimum Gasteiger partial charge on any atom is -0.469 e. The SMILES string of the molecule is C#CCN=C(N)c1ccc(C(=O)Nc2ccc3c(c2)CC(CC(=O)OC)CC3)cc1. The molecular weight excluding hydrogens is 378 g/mol. The molecule has 0 fully saturated rings. The van der Waals surface area contributed by atoms with Crippen LogP contribution in [0.3, 0.4) is 0 Å². The average molecular weight is 403 g/mol. The van der Waals surface area contributed by atoms with Crippen molar-refractivity contribution in [3.05, 3.63) is 64.7 Å². The second kappa shape index (κ2) is 9.75. The molecule has 1 aliphatic rings. The highest BCUT2D eigenvalue weighted by atomic mass is 16.5. The van der Waals surface area contributed by atoms with Gasteiger partial charge >= 0.3 is 5.97 Å². The van der Waals surface area contributed by atoms with Crippen molar-refractivity contribution in [2.75, 3.05) is 19.0 Å². The summed E-state index contributed by atoms with van der Waals surface area (Å²) < 4.78 is 4.79. The number of methoxy groups -OCH3 is 1. The van der Waals surface area contributed by atoms with Crippen LogP contribution in [-0.4, -0.2) is 31.4 Å². The van der Waals surface area contributed by atoms with Crippen LogP contribution in [0.4, 0.5) is 5.69 Å². The first kappa shape index (κ1) is 21.1. The first-order valence-corrected chi connectivity index (χ1v) is 9.84. The molecule has 1 aliphatic carbocycles. The highest BCUT2D eigenvalue weighted by molar-refractivity contribution is 6.05. The Kier molecular flexibility index (Phi) is 6.87. The summed E-state index contributed by atoms with van der Waals surface area (Å²) in [6.07, 6.45) is 8.30. The van der Waals surface area contributed by atoms with Crippen molar-refractivity contribution in [2.45, 2.75) is 25.7 Å². The lowest BCUT2D eigenvalue weighted by Crippen LogP contribution is -2.19. The molecule has 0 saturated heterocycles. The van der Waals surface area contributed by atoms with Crippen molar-refractivity contribution in [3.63, 3.8) is 0 Å². The maximum Gasteiger partial charge on any atom is 0.305 e. The molecule has 30 heavy (non-hydrogen) atoms. The van der Waals surface area contributed by atoms with E-state index < -0.39 is 0 Å². The first-order valence-electron chi connectivity index (χ1n) is 9.84. The number of esters is 1. The predicted octanol–water partition coefficient (Wildman–Crippen LogP) is 2.95. The monoisotopic (exact) mass is 403 g/mol. The van der Waals surface area contributed by atoms with E-state index in [1.165, 1.54) is 18.2 Å². The van der Waals surface area contributed by atoms with Gasteiger partial charge in [-0.2, -0.15) is 0 Å². The van der Waals surface area contributed by atoms with Gasteiger partial charge in [0.15, 0.2) is 0 Å². The van der Waals surface area contributed by atoms with Crippen LogP contribution in [0, 0.1) is 18.3 Å². The van der Waals surface area contributed by atoms with Crippen molar-refractivity contribution < 1.29 is 14.3 Å². The number of nitrogens with zero attached hydrogens (tertiary/aromatic N) is 1. The van der Waals surface area contributed by atoms with Crippen molar-refractivity contribution in [1.82, 2.24) is 0 Å². The van der Waals surface area contributed by atoms with Crippen molar-refractivity contribution in [3.8, 4) is 12.3 Å². The number of amides is 1. The molecule has 0 radical (unpaired) electrons. The Morgan fingerprint density at radius 1 is 1.20 bits per heavy atom. The molecule has 2 aromatic rings. The van der Waals surface area contributed by atoms with Crippen LogP contribution in [0.25, 0.3) is 0 Å². The zero-order valence-electron chi connectivity index (χ0n) is 17.0. The number of nitrogens with two attached hydrogens (primary N) is 1. The van der Waals surface area contributed by atoms with Gasteiger partial charge in [-0.25, -0.2) is 0 Å². The quantitative estimate of drug-likeness (QED) is 0.336. The molecule has 0 heterocycles. The highest BCUT2D eigenvalue weighted by Crippen LogP contribution is 2.30. The van der Waals surface area contributed by atoms with Crippen molar-refractivity contribution >= 4 is 23.4 Å². The lowest BCUT2D eigenvalue weighted by Gasteiger charge is -2.24. The summed E-state index contributed by atoms with van der Waals surface area (Å²) >= 11 is 0. The van der Waals surface area contributed by atoms with Gasteiger partial charge in [0, 0.05) is 23.2 Å². The van der Waals surface area contributed by atoms with E-state index in [-0.39, 0.29) is 24.3 Å². The number of hydrogen-bond acceptors (Lipinski definition) is 4. The molecule has 0 aliphatic heterocycles. The zero-order valence-corrected chi connectivity index (χ0v) is 17.0. The topological polar surface area (TPSA) is 93.8 Å². The van der Waals surface area contributed by atoms with Crippen LogP contribution in [0.5, 0.6) is 0 Å². The number of amidine groups is 1. The van der Waals surface area contributed by atoms with Gasteiger partial charge in [0.1, 0.15) is 12.4 Å². The number of nitrogens with one attached hydrogen (secondary N) is 1. The van der Waals surface area contributed by atoms with Gasteiger partial charge in [0.2, 0.25) is 0 Å². The molecule has 0 spiro atoms. The summed E-state index contributed by atoms with van der Waals surface area (Å²) in [5, 5.41) is 2.94. The number of terminal acetylenes is 1. The molecule has 1 atom stereocenters. The summed E-state index contributed by atoms with van der Waals surface area (Å²) in [7, 11) is 1.41. The molecule has 0 aromatic heterocycles. The van der Waals surface area contributed by atoms with E-state index in [1.807, 2.05) is 18.2 Å². The molecule has 6 nitrogen and oxygen atoms in total. The maximum absolute atomic E-state index is 12.6. The second-order valence-electron chi connectivity index (χ2n) is 7.31. The van der Waals surface area contributed by atoms with Crippen LogP contribution in [-0.2, 0) is 22.4 Å². The zero-order chi connectivity index (χ0) is 21.5. The van der Waals surface area contributed by atoms with Crippen LogP contribution < -0.4 is 11.1 Å². The van der Waals surface area contributed by atoms with Gasteiger partial charge in [-0.1, -0.05) is 24.1 Å². The molecule has 2 aromatic carbocycles. The standard InChI is InChI=1S/C24H25N3O3/c1-3-12-26-23(25)18-6-8-19(9-7-18)24(29)27-21-11-10-17-5-4-16(13-20(17)15-21)14-22(28)30-2/h1,6-11,15-16H,4-5,12-14H2,2H3,(H2,25,26)(H,27,29). The maximum atomic E-state index is 12.6. The fourth-order valence-electron chi connectivity index (χ4n) is 3.62. The third kappa shape index (κ3) is 5.26. The van der Waals surface area contributed by atoms with Gasteiger partial charge in [0.05, 0.1) is 7.11 Å². The molecule has 3 N–H and O–H groups in total. The summed E-state index contributed by atoms with van der Waals surface area (Å²) in [4.78, 5) is 28.3. The van der Waals surface area contributed by atoms with E-state index in [1.54, 1.807) is 24.3 Å². The minimum absolute atomic E-state index is 0.179. The number of ether oxygens (including phenoxy) is 1. The van der Waals surface area contributed by atoms with Gasteiger partial charge in [0.25, 0.3) is 5.91 Å². The second-order valence-corrected chi connectivity index (χ2v) is 7.31. The molecule has 3 rings (SSSR count). The van der Waals surface area contributed by atoms with Crippen LogP contribution in [0.15, 0.2) is 47.5 Å². The highest BCUT2D eigenvalue weighted by Gasteiger charge is 2.22. The Morgan fingerprint density at radius 2 is 1.93 bits per heavy atom. The van der Waals surface area contributed by atoms with E-state index in [9.17, 15) is 9.59 Å². The molecule has 1 amide bonds. The Bertz CT molecular complexity index is 1000. The van der Waals surface area contributed by atoms with E-state index in [0.29, 0.717) is 23.4 Å². The number of aliphatic imine (C=N–C) groups is 1. The molecule has 0 saturated carbocycles. The molecule has 0 bridgehead atoms. The Hall–Kier alpha value is -3.59. The van der Waals surface area contributed by atoms with E-state index in [2.05, 4.69) is 16.2 Å². The number of carbonyl (C=O) groups excluding carboxylic acids is 2. The summed E-state index contributed by atoms with van der Waals surface area (Å²) in [6, 6.07) is 12.8.